The number of nitrogens with zero attached hydrogens (tertiary/aromatic N) is 3. The van der Waals surface area contributed by atoms with E-state index in [1.807, 2.05) is 27.9 Å². The molecule has 1 aliphatic heterocycles. The van der Waals surface area contributed by atoms with Crippen molar-refractivity contribution in [1.82, 2.24) is 5.01 Å². The van der Waals surface area contributed by atoms with Crippen molar-refractivity contribution in [3.63, 3.8) is 0 Å². The lowest BCUT2D eigenvalue weighted by atomic mass is 9.99. The number of carbonyl (C=O) groups is 1. The molecule has 1 amide bonds. The molecule has 1 heterocycles. The highest BCUT2D eigenvalue weighted by atomic mass is 19.4. The van der Waals surface area contributed by atoms with Crippen LogP contribution in [0.1, 0.15) is 43.5 Å². The topological polar surface area (TPSA) is 56.1 Å². The zero-order valence-electron chi connectivity index (χ0n) is 15.3. The molecule has 1 aromatic rings. The number of hydrogen-bond acceptors (Lipinski definition) is 4. The second-order valence-electron chi connectivity index (χ2n) is 7.15. The van der Waals surface area contributed by atoms with Crippen LogP contribution in [0.25, 0.3) is 0 Å². The van der Waals surface area contributed by atoms with Crippen LogP contribution in [0, 0.1) is 5.92 Å². The van der Waals surface area contributed by atoms with Crippen molar-refractivity contribution >= 4 is 17.3 Å². The molecule has 0 saturated heterocycles. The second-order valence-corrected chi connectivity index (χ2v) is 7.15. The van der Waals surface area contributed by atoms with Gasteiger partial charge in [0.2, 0.25) is 0 Å². The van der Waals surface area contributed by atoms with Crippen molar-refractivity contribution in [3.05, 3.63) is 29.8 Å². The number of alkyl halides is 3. The van der Waals surface area contributed by atoms with Crippen LogP contribution < -0.4 is 4.90 Å². The third kappa shape index (κ3) is 4.00. The number of hydrogen-bond donors (Lipinski definition) is 1. The highest BCUT2D eigenvalue weighted by Gasteiger charge is 2.63. The Hall–Kier alpha value is -2.09. The number of amides is 1. The molecule has 0 fully saturated rings. The molecule has 1 unspecified atom stereocenters. The molecule has 1 atom stereocenters. The predicted octanol–water partition coefficient (Wildman–Crippen LogP) is 3.64. The van der Waals surface area contributed by atoms with Crippen LogP contribution >= 0.6 is 0 Å². The summed E-state index contributed by atoms with van der Waals surface area (Å²) < 4.78 is 40.5. The summed E-state index contributed by atoms with van der Waals surface area (Å²) in [6, 6.07) is 6.10. The Kier molecular flexibility index (Phi) is 5.65. The monoisotopic (exact) mass is 371 g/mol. The molecule has 0 saturated carbocycles. The number of halogens is 3. The van der Waals surface area contributed by atoms with E-state index < -0.39 is 24.2 Å². The molecule has 1 aliphatic rings. The first kappa shape index (κ1) is 20.2. The van der Waals surface area contributed by atoms with Gasteiger partial charge >= 0.3 is 6.18 Å². The maximum Gasteiger partial charge on any atom is 0.438 e. The Bertz CT molecular complexity index is 684. The smallest absolute Gasteiger partial charge is 0.378 e. The lowest BCUT2D eigenvalue weighted by Gasteiger charge is -2.32. The van der Waals surface area contributed by atoms with Crippen LogP contribution in [0.15, 0.2) is 29.4 Å². The Morgan fingerprint density at radius 3 is 2.35 bits per heavy atom. The van der Waals surface area contributed by atoms with Crippen molar-refractivity contribution in [2.75, 3.05) is 19.0 Å². The van der Waals surface area contributed by atoms with Crippen LogP contribution in [-0.2, 0) is 0 Å². The first-order valence-electron chi connectivity index (χ1n) is 8.43. The van der Waals surface area contributed by atoms with Crippen LogP contribution in [0.4, 0.5) is 18.9 Å². The maximum atomic E-state index is 13.5. The highest BCUT2D eigenvalue weighted by molar-refractivity contribution is 5.98. The normalized spacial score (nSPS) is 20.5. The minimum Gasteiger partial charge on any atom is -0.378 e. The number of benzene rings is 1. The van der Waals surface area contributed by atoms with Crippen molar-refractivity contribution in [3.8, 4) is 0 Å². The lowest BCUT2D eigenvalue weighted by molar-refractivity contribution is -0.297. The second kappa shape index (κ2) is 7.26. The zero-order chi connectivity index (χ0) is 19.7. The summed E-state index contributed by atoms with van der Waals surface area (Å²) in [5.41, 5.74) is -2.30. The summed E-state index contributed by atoms with van der Waals surface area (Å²) in [4.78, 5) is 14.4. The average molecular weight is 371 g/mol. The van der Waals surface area contributed by atoms with E-state index in [1.165, 1.54) is 12.1 Å². The van der Waals surface area contributed by atoms with Gasteiger partial charge in [0.15, 0.2) is 0 Å². The molecule has 144 valence electrons. The van der Waals surface area contributed by atoms with Gasteiger partial charge in [-0.05, 0) is 43.0 Å². The van der Waals surface area contributed by atoms with Gasteiger partial charge < -0.3 is 10.0 Å². The Morgan fingerprint density at radius 1 is 1.31 bits per heavy atom. The molecular formula is C18H24F3N3O2. The molecule has 5 nitrogen and oxygen atoms in total. The average Bonchev–Trinajstić information content (AvgIpc) is 2.90. The summed E-state index contributed by atoms with van der Waals surface area (Å²) >= 11 is 0. The van der Waals surface area contributed by atoms with Crippen LogP contribution in [0.2, 0.25) is 0 Å². The minimum absolute atomic E-state index is 0.0344. The molecule has 0 bridgehead atoms. The fraction of sp³-hybridized carbons (Fsp3) is 0.556. The SMILES string of the molecule is CC(C)CCC1=NN(C(=O)c2ccc(N(C)C)cc2)C(O)(C(F)(F)F)C1. The lowest BCUT2D eigenvalue weighted by Crippen LogP contribution is -2.56. The molecule has 8 heteroatoms. The molecule has 0 radical (unpaired) electrons. The molecule has 1 aromatic carbocycles. The number of carbonyl (C=O) groups excluding carboxylic acids is 1. The summed E-state index contributed by atoms with van der Waals surface area (Å²) in [6.07, 6.45) is -4.79. The van der Waals surface area contributed by atoms with E-state index in [9.17, 15) is 23.1 Å². The van der Waals surface area contributed by atoms with Gasteiger partial charge in [-0.1, -0.05) is 13.8 Å². The van der Waals surface area contributed by atoms with E-state index in [2.05, 4.69) is 5.10 Å². The zero-order valence-corrected chi connectivity index (χ0v) is 15.3. The van der Waals surface area contributed by atoms with Gasteiger partial charge in [0.1, 0.15) is 0 Å². The summed E-state index contributed by atoms with van der Waals surface area (Å²) in [5.74, 6) is -0.699. The molecular weight excluding hydrogens is 347 g/mol. The van der Waals surface area contributed by atoms with Crippen molar-refractivity contribution in [2.24, 2.45) is 11.0 Å². The van der Waals surface area contributed by atoms with Gasteiger partial charge in [-0.2, -0.15) is 23.3 Å². The largest absolute Gasteiger partial charge is 0.438 e. The first-order chi connectivity index (χ1) is 12.0. The Morgan fingerprint density at radius 2 is 1.88 bits per heavy atom. The number of anilines is 1. The summed E-state index contributed by atoms with van der Waals surface area (Å²) in [7, 11) is 3.62. The van der Waals surface area contributed by atoms with Gasteiger partial charge in [-0.3, -0.25) is 4.79 Å². The molecule has 26 heavy (non-hydrogen) atoms. The van der Waals surface area contributed by atoms with E-state index in [0.717, 1.165) is 5.69 Å². The minimum atomic E-state index is -5.00. The molecule has 0 aromatic heterocycles. The van der Waals surface area contributed by atoms with E-state index in [1.54, 1.807) is 17.0 Å². The Labute approximate surface area is 151 Å². The third-order valence-corrected chi connectivity index (χ3v) is 4.33. The molecule has 2 rings (SSSR count). The van der Waals surface area contributed by atoms with E-state index in [-0.39, 0.29) is 22.2 Å². The third-order valence-electron chi connectivity index (χ3n) is 4.33. The maximum absolute atomic E-state index is 13.5. The van der Waals surface area contributed by atoms with Gasteiger partial charge in [0, 0.05) is 37.5 Å². The van der Waals surface area contributed by atoms with Gasteiger partial charge in [0.05, 0.1) is 0 Å². The predicted molar refractivity (Wildman–Crippen MR) is 94.1 cm³/mol. The number of aliphatic hydroxyl groups is 1. The molecule has 0 spiro atoms. The van der Waals surface area contributed by atoms with Gasteiger partial charge in [0.25, 0.3) is 11.6 Å². The number of hydrazone groups is 1. The van der Waals surface area contributed by atoms with Gasteiger partial charge in [-0.15, -0.1) is 0 Å². The molecule has 0 aliphatic carbocycles. The molecule has 1 N–H and O–H groups in total. The van der Waals surface area contributed by atoms with E-state index in [0.29, 0.717) is 12.8 Å². The van der Waals surface area contributed by atoms with E-state index >= 15 is 0 Å². The summed E-state index contributed by atoms with van der Waals surface area (Å²) in [5, 5.41) is 14.3. The van der Waals surface area contributed by atoms with E-state index in [4.69, 9.17) is 0 Å². The van der Waals surface area contributed by atoms with Gasteiger partial charge in [-0.25, -0.2) is 0 Å². The van der Waals surface area contributed by atoms with Crippen LogP contribution in [0.5, 0.6) is 0 Å². The first-order valence-corrected chi connectivity index (χ1v) is 8.43. The van der Waals surface area contributed by atoms with Crippen LogP contribution in [-0.4, -0.2) is 47.7 Å². The number of rotatable bonds is 5. The Balaban J connectivity index is 2.32. The fourth-order valence-electron chi connectivity index (χ4n) is 2.67. The van der Waals surface area contributed by atoms with Crippen molar-refractivity contribution in [1.29, 1.82) is 0 Å². The summed E-state index contributed by atoms with van der Waals surface area (Å²) in [6.45, 7) is 3.89. The fourth-order valence-corrected chi connectivity index (χ4v) is 2.67. The van der Waals surface area contributed by atoms with Crippen molar-refractivity contribution < 1.29 is 23.1 Å². The highest BCUT2D eigenvalue weighted by Crippen LogP contribution is 2.41. The quantitative estimate of drug-likeness (QED) is 0.860. The van der Waals surface area contributed by atoms with Crippen LogP contribution in [0.3, 0.4) is 0 Å². The standard InChI is InChI=1S/C18H24F3N3O2/c1-12(2)5-8-14-11-17(26,18(19,20)21)24(22-14)16(25)13-6-9-15(10-7-13)23(3)4/h6-7,9-10,12,26H,5,8,11H2,1-4H3. The van der Waals surface area contributed by atoms with Crippen molar-refractivity contribution in [2.45, 2.75) is 45.0 Å².